The zero-order chi connectivity index (χ0) is 10.8. The number of hydrogen-bond acceptors (Lipinski definition) is 1. The highest BCUT2D eigenvalue weighted by molar-refractivity contribution is 5.40. The van der Waals surface area contributed by atoms with Gasteiger partial charge in [0.25, 0.3) is 5.56 Å². The molecule has 0 aliphatic rings. The van der Waals surface area contributed by atoms with Gasteiger partial charge in [0.1, 0.15) is 0 Å². The van der Waals surface area contributed by atoms with Gasteiger partial charge in [0.05, 0.1) is 5.69 Å². The molecule has 0 fully saturated rings. The molecule has 0 radical (unpaired) electrons. The molecule has 1 aromatic carbocycles. The van der Waals surface area contributed by atoms with Crippen LogP contribution in [0.2, 0.25) is 0 Å². The fourth-order valence-electron chi connectivity index (χ4n) is 1.63. The first kappa shape index (κ1) is 9.71. The standard InChI is InChI=1S/C13H13NO/c1-10-6-3-4-8-12(10)14-9-5-7-11(2)13(14)15/h3-9H,1-2H3. The Kier molecular flexibility index (Phi) is 2.42. The summed E-state index contributed by atoms with van der Waals surface area (Å²) in [6, 6.07) is 11.6. The molecule has 2 heteroatoms. The van der Waals surface area contributed by atoms with Crippen LogP contribution in [0.5, 0.6) is 0 Å². The molecule has 2 nitrogen and oxygen atoms in total. The van der Waals surface area contributed by atoms with Crippen LogP contribution in [0, 0.1) is 13.8 Å². The van der Waals surface area contributed by atoms with E-state index in [0.29, 0.717) is 0 Å². The van der Waals surface area contributed by atoms with E-state index in [4.69, 9.17) is 0 Å². The van der Waals surface area contributed by atoms with Crippen molar-refractivity contribution in [2.75, 3.05) is 0 Å². The van der Waals surface area contributed by atoms with Gasteiger partial charge in [0.2, 0.25) is 0 Å². The first-order valence-corrected chi connectivity index (χ1v) is 4.94. The molecule has 0 bridgehead atoms. The van der Waals surface area contributed by atoms with E-state index < -0.39 is 0 Å². The Morgan fingerprint density at radius 3 is 2.33 bits per heavy atom. The summed E-state index contributed by atoms with van der Waals surface area (Å²) >= 11 is 0. The monoisotopic (exact) mass is 199 g/mol. The van der Waals surface area contributed by atoms with Crippen LogP contribution in [0.25, 0.3) is 5.69 Å². The fraction of sp³-hybridized carbons (Fsp3) is 0.154. The van der Waals surface area contributed by atoms with Crippen LogP contribution in [0.15, 0.2) is 47.4 Å². The topological polar surface area (TPSA) is 22.0 Å². The predicted molar refractivity (Wildman–Crippen MR) is 61.5 cm³/mol. The van der Waals surface area contributed by atoms with Gasteiger partial charge in [-0.1, -0.05) is 24.3 Å². The number of aryl methyl sites for hydroxylation is 2. The lowest BCUT2D eigenvalue weighted by atomic mass is 10.2. The zero-order valence-corrected chi connectivity index (χ0v) is 8.90. The maximum absolute atomic E-state index is 11.9. The summed E-state index contributed by atoms with van der Waals surface area (Å²) in [5.41, 5.74) is 2.86. The van der Waals surface area contributed by atoms with Gasteiger partial charge in [-0.2, -0.15) is 0 Å². The molecule has 0 unspecified atom stereocenters. The van der Waals surface area contributed by atoms with Crippen molar-refractivity contribution in [3.63, 3.8) is 0 Å². The van der Waals surface area contributed by atoms with Crippen molar-refractivity contribution in [2.45, 2.75) is 13.8 Å². The van der Waals surface area contributed by atoms with Crippen LogP contribution in [0.3, 0.4) is 0 Å². The molecule has 1 aromatic heterocycles. The van der Waals surface area contributed by atoms with Crippen molar-refractivity contribution >= 4 is 0 Å². The van der Waals surface area contributed by atoms with Crippen LogP contribution in [0.4, 0.5) is 0 Å². The summed E-state index contributed by atoms with van der Waals surface area (Å²) in [5.74, 6) is 0. The van der Waals surface area contributed by atoms with Gasteiger partial charge in [0, 0.05) is 11.8 Å². The van der Waals surface area contributed by atoms with E-state index in [1.165, 1.54) is 0 Å². The third-order valence-electron chi connectivity index (χ3n) is 2.51. The second-order valence-corrected chi connectivity index (χ2v) is 3.65. The van der Waals surface area contributed by atoms with Crippen molar-refractivity contribution in [1.82, 2.24) is 4.57 Å². The van der Waals surface area contributed by atoms with Crippen LogP contribution in [-0.4, -0.2) is 4.57 Å². The maximum atomic E-state index is 11.9. The van der Waals surface area contributed by atoms with Gasteiger partial charge in [0.15, 0.2) is 0 Å². The number of pyridine rings is 1. The Labute approximate surface area is 88.8 Å². The van der Waals surface area contributed by atoms with Crippen LogP contribution >= 0.6 is 0 Å². The van der Waals surface area contributed by atoms with Crippen molar-refractivity contribution in [3.05, 3.63) is 64.1 Å². The first-order chi connectivity index (χ1) is 7.20. The highest BCUT2D eigenvalue weighted by Gasteiger charge is 2.02. The third kappa shape index (κ3) is 1.71. The first-order valence-electron chi connectivity index (χ1n) is 4.94. The molecule has 0 atom stereocenters. The molecule has 1 heterocycles. The van der Waals surface area contributed by atoms with E-state index in [0.717, 1.165) is 16.8 Å². The van der Waals surface area contributed by atoms with E-state index in [2.05, 4.69) is 0 Å². The van der Waals surface area contributed by atoms with Crippen molar-refractivity contribution in [3.8, 4) is 5.69 Å². The fourth-order valence-corrected chi connectivity index (χ4v) is 1.63. The summed E-state index contributed by atoms with van der Waals surface area (Å²) < 4.78 is 1.69. The molecule has 0 aliphatic heterocycles. The minimum atomic E-state index is 0.0480. The van der Waals surface area contributed by atoms with Crippen molar-refractivity contribution in [1.29, 1.82) is 0 Å². The molecule has 0 N–H and O–H groups in total. The molecular weight excluding hydrogens is 186 g/mol. The quantitative estimate of drug-likeness (QED) is 0.691. The molecule has 76 valence electrons. The Balaban J connectivity index is 2.70. The van der Waals surface area contributed by atoms with Crippen LogP contribution in [-0.2, 0) is 0 Å². The number of para-hydroxylation sites is 1. The van der Waals surface area contributed by atoms with E-state index in [9.17, 15) is 4.79 Å². The molecular formula is C13H13NO. The van der Waals surface area contributed by atoms with E-state index in [1.807, 2.05) is 50.2 Å². The van der Waals surface area contributed by atoms with E-state index >= 15 is 0 Å². The third-order valence-corrected chi connectivity index (χ3v) is 2.51. The molecule has 0 spiro atoms. The van der Waals surface area contributed by atoms with Gasteiger partial charge in [-0.05, 0) is 31.5 Å². The van der Waals surface area contributed by atoms with Crippen LogP contribution in [0.1, 0.15) is 11.1 Å². The average molecular weight is 199 g/mol. The highest BCUT2D eigenvalue weighted by Crippen LogP contribution is 2.10. The van der Waals surface area contributed by atoms with Gasteiger partial charge in [-0.15, -0.1) is 0 Å². The molecule has 0 aliphatic carbocycles. The lowest BCUT2D eigenvalue weighted by molar-refractivity contribution is 0.960. The molecule has 0 saturated carbocycles. The number of nitrogens with zero attached hydrogens (tertiary/aromatic N) is 1. The summed E-state index contributed by atoms with van der Waals surface area (Å²) in [7, 11) is 0. The van der Waals surface area contributed by atoms with Gasteiger partial charge in [-0.25, -0.2) is 0 Å². The second-order valence-electron chi connectivity index (χ2n) is 3.65. The Morgan fingerprint density at radius 1 is 0.933 bits per heavy atom. The number of aromatic nitrogens is 1. The van der Waals surface area contributed by atoms with Gasteiger partial charge in [-0.3, -0.25) is 9.36 Å². The molecule has 2 aromatic rings. The van der Waals surface area contributed by atoms with E-state index in [-0.39, 0.29) is 5.56 Å². The Bertz CT molecular complexity index is 540. The zero-order valence-electron chi connectivity index (χ0n) is 8.90. The molecule has 0 amide bonds. The SMILES string of the molecule is Cc1ccccc1-n1cccc(C)c1=O. The Morgan fingerprint density at radius 2 is 1.60 bits per heavy atom. The lowest BCUT2D eigenvalue weighted by Crippen LogP contribution is -2.19. The minimum Gasteiger partial charge on any atom is -0.284 e. The number of benzene rings is 1. The largest absolute Gasteiger partial charge is 0.284 e. The van der Waals surface area contributed by atoms with Gasteiger partial charge >= 0.3 is 0 Å². The Hall–Kier alpha value is -1.83. The van der Waals surface area contributed by atoms with Crippen LogP contribution < -0.4 is 5.56 Å². The molecule has 2 rings (SSSR count). The smallest absolute Gasteiger partial charge is 0.257 e. The number of rotatable bonds is 1. The highest BCUT2D eigenvalue weighted by atomic mass is 16.1. The molecule has 0 saturated heterocycles. The second kappa shape index (κ2) is 3.73. The minimum absolute atomic E-state index is 0.0480. The summed E-state index contributed by atoms with van der Waals surface area (Å²) in [6.07, 6.45) is 1.80. The normalized spacial score (nSPS) is 10.3. The van der Waals surface area contributed by atoms with E-state index in [1.54, 1.807) is 10.8 Å². The molecule has 15 heavy (non-hydrogen) atoms. The number of hydrogen-bond donors (Lipinski definition) is 0. The van der Waals surface area contributed by atoms with Crippen molar-refractivity contribution in [2.24, 2.45) is 0 Å². The summed E-state index contributed by atoms with van der Waals surface area (Å²) in [5, 5.41) is 0. The summed E-state index contributed by atoms with van der Waals surface area (Å²) in [4.78, 5) is 11.9. The van der Waals surface area contributed by atoms with Gasteiger partial charge < -0.3 is 0 Å². The average Bonchev–Trinajstić information content (AvgIpc) is 2.23. The lowest BCUT2D eigenvalue weighted by Gasteiger charge is -2.08. The maximum Gasteiger partial charge on any atom is 0.257 e. The van der Waals surface area contributed by atoms with Crippen molar-refractivity contribution < 1.29 is 0 Å². The predicted octanol–water partition coefficient (Wildman–Crippen LogP) is 2.45. The summed E-state index contributed by atoms with van der Waals surface area (Å²) in [6.45, 7) is 3.83.